The maximum atomic E-state index is 11.2. The molecule has 0 saturated heterocycles. The second-order valence-corrected chi connectivity index (χ2v) is 3.90. The van der Waals surface area contributed by atoms with Crippen LogP contribution in [-0.4, -0.2) is 17.0 Å². The number of aliphatic hydroxyl groups excluding tert-OH is 1. The lowest BCUT2D eigenvalue weighted by Gasteiger charge is -2.24. The molecule has 0 rings (SSSR count). The molecule has 3 atom stereocenters. The van der Waals surface area contributed by atoms with Gasteiger partial charge in [0.15, 0.2) is 0 Å². The van der Waals surface area contributed by atoms with Crippen LogP contribution in [0, 0.1) is 11.8 Å². The SMILES string of the molecule is C.C/C=C/C[C@@H](C)[C@@H](O)[C@H](CC)C(C)=O. The molecule has 0 radical (unpaired) electrons. The van der Waals surface area contributed by atoms with Crippen LogP contribution < -0.4 is 0 Å². The molecule has 1 N–H and O–H groups in total. The Bertz CT molecular complexity index is 197. The van der Waals surface area contributed by atoms with Gasteiger partial charge >= 0.3 is 0 Å². The monoisotopic (exact) mass is 214 g/mol. The van der Waals surface area contributed by atoms with Crippen LogP contribution in [-0.2, 0) is 4.79 Å². The zero-order valence-corrected chi connectivity index (χ0v) is 9.66. The number of Topliss-reactive ketones (excluding diaryl/α,β-unsaturated/α-hetero) is 1. The van der Waals surface area contributed by atoms with Gasteiger partial charge in [-0.3, -0.25) is 4.79 Å². The van der Waals surface area contributed by atoms with Crippen LogP contribution in [0.2, 0.25) is 0 Å². The third-order valence-electron chi connectivity index (χ3n) is 2.70. The molecule has 0 aromatic rings. The topological polar surface area (TPSA) is 37.3 Å². The van der Waals surface area contributed by atoms with Crippen molar-refractivity contribution in [1.82, 2.24) is 0 Å². The van der Waals surface area contributed by atoms with Crippen molar-refractivity contribution < 1.29 is 9.90 Å². The molecule has 0 aliphatic rings. The van der Waals surface area contributed by atoms with Gasteiger partial charge in [0.2, 0.25) is 0 Å². The number of rotatable bonds is 6. The molecule has 0 unspecified atom stereocenters. The van der Waals surface area contributed by atoms with E-state index in [9.17, 15) is 9.90 Å². The minimum atomic E-state index is -0.506. The zero-order valence-electron chi connectivity index (χ0n) is 9.66. The number of carbonyl (C=O) groups excluding carboxylic acids is 1. The molecule has 0 aromatic heterocycles. The molecule has 0 fully saturated rings. The number of allylic oxidation sites excluding steroid dienone is 2. The van der Waals surface area contributed by atoms with Crippen molar-refractivity contribution in [3.05, 3.63) is 12.2 Å². The van der Waals surface area contributed by atoms with Crippen molar-refractivity contribution in [2.75, 3.05) is 0 Å². The first-order valence-corrected chi connectivity index (χ1v) is 5.34. The van der Waals surface area contributed by atoms with Crippen molar-refractivity contribution in [1.29, 1.82) is 0 Å². The van der Waals surface area contributed by atoms with Crippen molar-refractivity contribution >= 4 is 5.78 Å². The summed E-state index contributed by atoms with van der Waals surface area (Å²) in [6, 6.07) is 0. The highest BCUT2D eigenvalue weighted by atomic mass is 16.3. The first-order chi connectivity index (χ1) is 6.54. The third kappa shape index (κ3) is 5.73. The Balaban J connectivity index is 0. The number of hydrogen-bond acceptors (Lipinski definition) is 2. The minimum absolute atomic E-state index is 0. The van der Waals surface area contributed by atoms with Gasteiger partial charge in [0, 0.05) is 5.92 Å². The van der Waals surface area contributed by atoms with E-state index >= 15 is 0 Å². The van der Waals surface area contributed by atoms with Crippen LogP contribution in [0.5, 0.6) is 0 Å². The molecular weight excluding hydrogens is 188 g/mol. The maximum absolute atomic E-state index is 11.2. The highest BCUT2D eigenvalue weighted by Gasteiger charge is 2.25. The van der Waals surface area contributed by atoms with E-state index in [0.29, 0.717) is 0 Å². The van der Waals surface area contributed by atoms with Gasteiger partial charge < -0.3 is 5.11 Å². The summed E-state index contributed by atoms with van der Waals surface area (Å²) in [5, 5.41) is 9.92. The lowest BCUT2D eigenvalue weighted by molar-refractivity contribution is -0.125. The molecule has 0 spiro atoms. The van der Waals surface area contributed by atoms with Gasteiger partial charge in [0.05, 0.1) is 6.10 Å². The molecule has 0 heterocycles. The number of carbonyl (C=O) groups is 1. The maximum Gasteiger partial charge on any atom is 0.135 e. The Morgan fingerprint density at radius 1 is 1.47 bits per heavy atom. The summed E-state index contributed by atoms with van der Waals surface area (Å²) in [6.45, 7) is 7.44. The van der Waals surface area contributed by atoms with Crippen molar-refractivity contribution in [2.45, 2.75) is 54.1 Å². The summed E-state index contributed by atoms with van der Waals surface area (Å²) in [5.74, 6) is 0.0441. The van der Waals surface area contributed by atoms with E-state index in [-0.39, 0.29) is 25.0 Å². The van der Waals surface area contributed by atoms with Crippen LogP contribution in [0.15, 0.2) is 12.2 Å². The molecule has 0 aromatic carbocycles. The Morgan fingerprint density at radius 2 is 2.00 bits per heavy atom. The summed E-state index contributed by atoms with van der Waals surface area (Å²) in [5.41, 5.74) is 0. The van der Waals surface area contributed by atoms with Crippen LogP contribution in [0.4, 0.5) is 0 Å². The summed E-state index contributed by atoms with van der Waals surface area (Å²) < 4.78 is 0. The molecule has 0 bridgehead atoms. The molecule has 0 saturated carbocycles. The van der Waals surface area contributed by atoms with E-state index in [4.69, 9.17) is 0 Å². The summed E-state index contributed by atoms with van der Waals surface area (Å²) >= 11 is 0. The smallest absolute Gasteiger partial charge is 0.135 e. The fourth-order valence-electron chi connectivity index (χ4n) is 1.66. The van der Waals surface area contributed by atoms with Crippen LogP contribution in [0.3, 0.4) is 0 Å². The lowest BCUT2D eigenvalue weighted by atomic mass is 9.86. The quantitative estimate of drug-likeness (QED) is 0.689. The van der Waals surface area contributed by atoms with Gasteiger partial charge in [-0.05, 0) is 32.6 Å². The Hall–Kier alpha value is -0.630. The molecule has 2 nitrogen and oxygen atoms in total. The Labute approximate surface area is 94.4 Å². The highest BCUT2D eigenvalue weighted by Crippen LogP contribution is 2.20. The predicted octanol–water partition coefficient (Wildman–Crippen LogP) is 3.20. The molecular formula is C13H26O2. The van der Waals surface area contributed by atoms with Gasteiger partial charge in [0.25, 0.3) is 0 Å². The molecule has 2 heteroatoms. The van der Waals surface area contributed by atoms with Crippen LogP contribution in [0.25, 0.3) is 0 Å². The Morgan fingerprint density at radius 3 is 2.33 bits per heavy atom. The van der Waals surface area contributed by atoms with Crippen molar-refractivity contribution in [3.63, 3.8) is 0 Å². The van der Waals surface area contributed by atoms with E-state index in [1.54, 1.807) is 6.92 Å². The largest absolute Gasteiger partial charge is 0.392 e. The molecule has 0 aliphatic heterocycles. The van der Waals surface area contributed by atoms with Gasteiger partial charge in [0.1, 0.15) is 5.78 Å². The average Bonchev–Trinajstić information content (AvgIpc) is 2.14. The molecule has 0 aliphatic carbocycles. The first-order valence-electron chi connectivity index (χ1n) is 5.34. The Kier molecular flexibility index (Phi) is 9.69. The van der Waals surface area contributed by atoms with E-state index in [0.717, 1.165) is 12.8 Å². The van der Waals surface area contributed by atoms with Gasteiger partial charge in [-0.25, -0.2) is 0 Å². The number of hydrogen-bond donors (Lipinski definition) is 1. The summed E-state index contributed by atoms with van der Waals surface area (Å²) in [6.07, 6.45) is 5.05. The van der Waals surface area contributed by atoms with Gasteiger partial charge in [-0.15, -0.1) is 0 Å². The van der Waals surface area contributed by atoms with Crippen molar-refractivity contribution in [3.8, 4) is 0 Å². The number of aliphatic hydroxyl groups is 1. The number of ketones is 1. The molecule has 90 valence electrons. The predicted molar refractivity (Wildman–Crippen MR) is 65.8 cm³/mol. The van der Waals surface area contributed by atoms with Gasteiger partial charge in [-0.2, -0.15) is 0 Å². The van der Waals surface area contributed by atoms with E-state index in [2.05, 4.69) is 0 Å². The lowest BCUT2D eigenvalue weighted by Crippen LogP contribution is -2.31. The van der Waals surface area contributed by atoms with Crippen LogP contribution in [0.1, 0.15) is 48.0 Å². The fraction of sp³-hybridized carbons (Fsp3) is 0.769. The van der Waals surface area contributed by atoms with Gasteiger partial charge in [-0.1, -0.05) is 33.4 Å². The second-order valence-electron chi connectivity index (χ2n) is 3.90. The summed E-state index contributed by atoms with van der Waals surface area (Å²) in [7, 11) is 0. The zero-order chi connectivity index (χ0) is 11.1. The van der Waals surface area contributed by atoms with Crippen molar-refractivity contribution in [2.24, 2.45) is 11.8 Å². The average molecular weight is 214 g/mol. The van der Waals surface area contributed by atoms with Crippen LogP contribution >= 0.6 is 0 Å². The molecule has 0 amide bonds. The fourth-order valence-corrected chi connectivity index (χ4v) is 1.66. The third-order valence-corrected chi connectivity index (χ3v) is 2.70. The van der Waals surface area contributed by atoms with E-state index in [1.165, 1.54) is 0 Å². The van der Waals surface area contributed by atoms with E-state index in [1.807, 2.05) is 32.9 Å². The first kappa shape index (κ1) is 16.8. The second kappa shape index (κ2) is 8.66. The highest BCUT2D eigenvalue weighted by molar-refractivity contribution is 5.78. The molecule has 15 heavy (non-hydrogen) atoms. The summed E-state index contributed by atoms with van der Waals surface area (Å²) in [4.78, 5) is 11.2. The minimum Gasteiger partial charge on any atom is -0.392 e. The standard InChI is InChI=1S/C12H22O2.CH4/c1-5-7-8-9(3)12(14)11(6-2)10(4)13;/h5,7,9,11-12,14H,6,8H2,1-4H3;1H4/b7-5+;/t9-,11-,12-;/m1./s1. The normalized spacial score (nSPS) is 16.9. The van der Waals surface area contributed by atoms with E-state index < -0.39 is 6.10 Å².